The number of azide groups is 1. The summed E-state index contributed by atoms with van der Waals surface area (Å²) in [6.07, 6.45) is 2.23. The number of esters is 1. The van der Waals surface area contributed by atoms with Crippen molar-refractivity contribution < 1.29 is 14.3 Å². The zero-order chi connectivity index (χ0) is 14.4. The summed E-state index contributed by atoms with van der Waals surface area (Å²) < 4.78 is 11.3. The molecule has 1 fully saturated rings. The number of hydrogen-bond acceptors (Lipinski definition) is 4. The lowest BCUT2D eigenvalue weighted by molar-refractivity contribution is -0.183. The van der Waals surface area contributed by atoms with Gasteiger partial charge in [-0.1, -0.05) is 25.0 Å². The first-order valence-electron chi connectivity index (χ1n) is 6.52. The molecule has 0 unspecified atom stereocenters. The van der Waals surface area contributed by atoms with E-state index >= 15 is 0 Å². The van der Waals surface area contributed by atoms with E-state index in [0.717, 1.165) is 6.42 Å². The molecule has 0 aromatic carbocycles. The Hall–Kier alpha value is -1.52. The molecule has 1 rings (SSSR count). The molecule has 0 aliphatic carbocycles. The number of rotatable bonds is 5. The van der Waals surface area contributed by atoms with Crippen LogP contribution in [0.25, 0.3) is 10.4 Å². The quantitative estimate of drug-likeness (QED) is 0.252. The van der Waals surface area contributed by atoms with Crippen LogP contribution >= 0.6 is 0 Å². The van der Waals surface area contributed by atoms with Crippen molar-refractivity contribution in [3.05, 3.63) is 23.1 Å². The number of ether oxygens (including phenoxy) is 2. The van der Waals surface area contributed by atoms with Crippen molar-refractivity contribution in [1.29, 1.82) is 0 Å². The van der Waals surface area contributed by atoms with Crippen LogP contribution in [0.1, 0.15) is 33.6 Å². The van der Waals surface area contributed by atoms with Gasteiger partial charge in [0.1, 0.15) is 6.10 Å². The van der Waals surface area contributed by atoms with Gasteiger partial charge in [-0.2, -0.15) is 0 Å². The summed E-state index contributed by atoms with van der Waals surface area (Å²) in [6, 6.07) is -0.405. The molecule has 106 valence electrons. The summed E-state index contributed by atoms with van der Waals surface area (Å²) in [7, 11) is 0. The third kappa shape index (κ3) is 3.72. The van der Waals surface area contributed by atoms with E-state index in [4.69, 9.17) is 15.0 Å². The molecule has 6 nitrogen and oxygen atoms in total. The van der Waals surface area contributed by atoms with Crippen molar-refractivity contribution in [2.24, 2.45) is 11.0 Å². The third-order valence-corrected chi connectivity index (χ3v) is 3.47. The summed E-state index contributed by atoms with van der Waals surface area (Å²) in [5.41, 5.74) is 8.72. The van der Waals surface area contributed by atoms with Gasteiger partial charge in [0.15, 0.2) is 0 Å². The first-order chi connectivity index (χ1) is 9.04. The van der Waals surface area contributed by atoms with Crippen molar-refractivity contribution in [2.75, 3.05) is 0 Å². The molecule has 19 heavy (non-hydrogen) atoms. The average Bonchev–Trinajstić information content (AvgIpc) is 2.36. The van der Waals surface area contributed by atoms with Gasteiger partial charge in [0.2, 0.25) is 0 Å². The largest absolute Gasteiger partial charge is 0.459 e. The Balaban J connectivity index is 3.03. The highest BCUT2D eigenvalue weighted by atomic mass is 16.6. The molecule has 0 spiro atoms. The molecule has 1 aliphatic rings. The highest BCUT2D eigenvalue weighted by Gasteiger charge is 2.44. The van der Waals surface area contributed by atoms with Gasteiger partial charge in [-0.05, 0) is 24.3 Å². The van der Waals surface area contributed by atoms with Crippen LogP contribution in [0.2, 0.25) is 0 Å². The zero-order valence-electron chi connectivity index (χ0n) is 11.7. The number of carbonyl (C=O) groups is 1. The van der Waals surface area contributed by atoms with Crippen molar-refractivity contribution in [2.45, 2.75) is 58.0 Å². The third-order valence-electron chi connectivity index (χ3n) is 3.47. The highest BCUT2D eigenvalue weighted by Crippen LogP contribution is 2.33. The fourth-order valence-electron chi connectivity index (χ4n) is 2.55. The van der Waals surface area contributed by atoms with Crippen LogP contribution in [0.4, 0.5) is 0 Å². The van der Waals surface area contributed by atoms with E-state index in [1.165, 1.54) is 6.92 Å². The molecule has 1 saturated heterocycles. The van der Waals surface area contributed by atoms with E-state index in [1.807, 2.05) is 13.8 Å². The lowest BCUT2D eigenvalue weighted by Crippen LogP contribution is -2.53. The smallest absolute Gasteiger partial charge is 0.303 e. The van der Waals surface area contributed by atoms with Crippen LogP contribution in [-0.4, -0.2) is 30.3 Å². The molecular weight excluding hydrogens is 246 g/mol. The van der Waals surface area contributed by atoms with Crippen molar-refractivity contribution in [3.8, 4) is 0 Å². The minimum absolute atomic E-state index is 0.00585. The fourth-order valence-corrected chi connectivity index (χ4v) is 2.55. The lowest BCUT2D eigenvalue weighted by Gasteiger charge is -2.43. The van der Waals surface area contributed by atoms with E-state index in [0.29, 0.717) is 6.42 Å². The maximum absolute atomic E-state index is 11.2. The van der Waals surface area contributed by atoms with Crippen LogP contribution in [0.5, 0.6) is 0 Å². The van der Waals surface area contributed by atoms with Gasteiger partial charge >= 0.3 is 5.97 Å². The fraction of sp³-hybridized carbons (Fsp3) is 0.769. The predicted molar refractivity (Wildman–Crippen MR) is 71.4 cm³/mol. The summed E-state index contributed by atoms with van der Waals surface area (Å²) in [6.45, 7) is 9.00. The van der Waals surface area contributed by atoms with Crippen molar-refractivity contribution >= 4 is 5.97 Å². The molecule has 0 aromatic rings. The molecule has 0 N–H and O–H groups in total. The first kappa shape index (κ1) is 15.5. The van der Waals surface area contributed by atoms with E-state index < -0.39 is 18.1 Å². The Morgan fingerprint density at radius 3 is 2.74 bits per heavy atom. The number of nitrogens with zero attached hydrogens (tertiary/aromatic N) is 3. The predicted octanol–water partition coefficient (Wildman–Crippen LogP) is 2.99. The van der Waals surface area contributed by atoms with Gasteiger partial charge in [-0.15, -0.1) is 6.58 Å². The summed E-state index contributed by atoms with van der Waals surface area (Å²) in [4.78, 5) is 14.1. The van der Waals surface area contributed by atoms with Gasteiger partial charge < -0.3 is 9.47 Å². The highest BCUT2D eigenvalue weighted by molar-refractivity contribution is 5.66. The van der Waals surface area contributed by atoms with Crippen LogP contribution in [0.3, 0.4) is 0 Å². The summed E-state index contributed by atoms with van der Waals surface area (Å²) in [5, 5.41) is 3.82. The standard InChI is InChI=1S/C13H21N3O3/c1-5-7-11-13(18-9(4)17)12(15-16-14)8(3)10(6-2)19-11/h5,8,10-13H,1,6-7H2,2-4H3/t8-,10+,11+,12-,13-/m0/s1. The van der Waals surface area contributed by atoms with Crippen molar-refractivity contribution in [1.82, 2.24) is 0 Å². The minimum atomic E-state index is -0.552. The van der Waals surface area contributed by atoms with E-state index in [-0.39, 0.29) is 18.1 Å². The number of carbonyl (C=O) groups excluding carboxylic acids is 1. The van der Waals surface area contributed by atoms with Crippen molar-refractivity contribution in [3.63, 3.8) is 0 Å². The summed E-state index contributed by atoms with van der Waals surface area (Å²) >= 11 is 0. The monoisotopic (exact) mass is 267 g/mol. The maximum atomic E-state index is 11.2. The summed E-state index contributed by atoms with van der Waals surface area (Å²) in [5.74, 6) is -0.394. The molecule has 0 radical (unpaired) electrons. The first-order valence-corrected chi connectivity index (χ1v) is 6.52. The van der Waals surface area contributed by atoms with Gasteiger partial charge in [-0.25, -0.2) is 0 Å². The van der Waals surface area contributed by atoms with E-state index in [1.54, 1.807) is 6.08 Å². The van der Waals surface area contributed by atoms with Crippen LogP contribution in [0, 0.1) is 5.92 Å². The van der Waals surface area contributed by atoms with Gasteiger partial charge in [0.25, 0.3) is 0 Å². The Labute approximate surface area is 113 Å². The molecule has 0 aromatic heterocycles. The molecule has 1 heterocycles. The van der Waals surface area contributed by atoms with E-state index in [2.05, 4.69) is 16.6 Å². The van der Waals surface area contributed by atoms with E-state index in [9.17, 15) is 4.79 Å². The molecule has 0 amide bonds. The molecule has 5 atom stereocenters. The maximum Gasteiger partial charge on any atom is 0.303 e. The second-order valence-corrected chi connectivity index (χ2v) is 4.77. The average molecular weight is 267 g/mol. The Morgan fingerprint density at radius 2 is 2.26 bits per heavy atom. The van der Waals surface area contributed by atoms with Crippen LogP contribution in [0.15, 0.2) is 17.8 Å². The van der Waals surface area contributed by atoms with Gasteiger partial charge in [-0.3, -0.25) is 4.79 Å². The number of hydrogen-bond donors (Lipinski definition) is 0. The van der Waals surface area contributed by atoms with Gasteiger partial charge in [0, 0.05) is 11.8 Å². The normalized spacial score (nSPS) is 34.2. The van der Waals surface area contributed by atoms with Gasteiger partial charge in [0.05, 0.1) is 18.2 Å². The topological polar surface area (TPSA) is 84.3 Å². The Bertz CT molecular complexity index is 379. The molecule has 0 bridgehead atoms. The Kier molecular flexibility index (Phi) is 5.86. The molecule has 1 aliphatic heterocycles. The van der Waals surface area contributed by atoms with Crippen LogP contribution in [-0.2, 0) is 14.3 Å². The molecular formula is C13H21N3O3. The van der Waals surface area contributed by atoms with Crippen LogP contribution < -0.4 is 0 Å². The second-order valence-electron chi connectivity index (χ2n) is 4.77. The Morgan fingerprint density at radius 1 is 1.58 bits per heavy atom. The minimum Gasteiger partial charge on any atom is -0.459 e. The second kappa shape index (κ2) is 7.16. The zero-order valence-corrected chi connectivity index (χ0v) is 11.7. The lowest BCUT2D eigenvalue weighted by atomic mass is 9.84. The molecule has 6 heteroatoms. The molecule has 0 saturated carbocycles. The SMILES string of the molecule is C=CC[C@H]1O[C@H](CC)[C@H](C)[C@H](N=[N+]=[N-])[C@H]1OC(C)=O.